The fourth-order valence-electron chi connectivity index (χ4n) is 1.78. The van der Waals surface area contributed by atoms with E-state index in [1.165, 1.54) is 5.56 Å². The molecule has 0 saturated heterocycles. The van der Waals surface area contributed by atoms with Crippen molar-refractivity contribution in [1.29, 1.82) is 0 Å². The van der Waals surface area contributed by atoms with Crippen LogP contribution in [0, 0.1) is 0 Å². The van der Waals surface area contributed by atoms with E-state index in [2.05, 4.69) is 31.3 Å². The fraction of sp³-hybridized carbons (Fsp3) is 0.571. The van der Waals surface area contributed by atoms with Gasteiger partial charge in [0.2, 0.25) is 0 Å². The first-order valence-corrected chi connectivity index (χ1v) is 6.15. The number of nitrogens with one attached hydrogen (secondary N) is 1. The summed E-state index contributed by atoms with van der Waals surface area (Å²) in [4.78, 5) is 0. The van der Waals surface area contributed by atoms with Crippen LogP contribution >= 0.6 is 0 Å². The standard InChI is InChI=1S/C14H23NO2/c1-5-17-10-11(2)15-12(3)13-7-6-8-14(9-13)16-4/h6-9,11-12,15H,5,10H2,1-4H3/t11?,12-/m0/s1. The zero-order valence-corrected chi connectivity index (χ0v) is 11.2. The minimum atomic E-state index is 0.292. The van der Waals surface area contributed by atoms with E-state index < -0.39 is 0 Å². The maximum atomic E-state index is 5.39. The quantitative estimate of drug-likeness (QED) is 0.791. The zero-order valence-electron chi connectivity index (χ0n) is 11.2. The van der Waals surface area contributed by atoms with E-state index in [0.717, 1.165) is 19.0 Å². The van der Waals surface area contributed by atoms with Crippen molar-refractivity contribution in [2.45, 2.75) is 32.9 Å². The van der Waals surface area contributed by atoms with Crippen molar-refractivity contribution in [3.8, 4) is 5.75 Å². The number of rotatable bonds is 7. The van der Waals surface area contributed by atoms with Crippen LogP contribution in [0.2, 0.25) is 0 Å². The summed E-state index contributed by atoms with van der Waals surface area (Å²) < 4.78 is 10.6. The first kappa shape index (κ1) is 14.0. The van der Waals surface area contributed by atoms with Crippen LogP contribution in [0.15, 0.2) is 24.3 Å². The SMILES string of the molecule is CCOCC(C)N[C@@H](C)c1cccc(OC)c1. The van der Waals surface area contributed by atoms with Gasteiger partial charge in [0.15, 0.2) is 0 Å². The molecule has 1 N–H and O–H groups in total. The molecule has 0 heterocycles. The molecule has 1 aromatic carbocycles. The molecule has 3 nitrogen and oxygen atoms in total. The van der Waals surface area contributed by atoms with Crippen molar-refractivity contribution in [2.24, 2.45) is 0 Å². The zero-order chi connectivity index (χ0) is 12.7. The molecule has 2 atom stereocenters. The van der Waals surface area contributed by atoms with Crippen molar-refractivity contribution in [2.75, 3.05) is 20.3 Å². The molecule has 3 heteroatoms. The average molecular weight is 237 g/mol. The van der Waals surface area contributed by atoms with Crippen LogP contribution in [0.1, 0.15) is 32.4 Å². The van der Waals surface area contributed by atoms with Crippen LogP contribution in [0.25, 0.3) is 0 Å². The smallest absolute Gasteiger partial charge is 0.119 e. The normalized spacial score (nSPS) is 14.4. The van der Waals surface area contributed by atoms with Crippen LogP contribution in [0.5, 0.6) is 5.75 Å². The van der Waals surface area contributed by atoms with Gasteiger partial charge in [-0.25, -0.2) is 0 Å². The molecular weight excluding hydrogens is 214 g/mol. The molecule has 0 aliphatic heterocycles. The third-order valence-electron chi connectivity index (χ3n) is 2.70. The highest BCUT2D eigenvalue weighted by Crippen LogP contribution is 2.19. The monoisotopic (exact) mass is 237 g/mol. The summed E-state index contributed by atoms with van der Waals surface area (Å²) in [5, 5.41) is 3.50. The van der Waals surface area contributed by atoms with Crippen molar-refractivity contribution in [3.63, 3.8) is 0 Å². The lowest BCUT2D eigenvalue weighted by atomic mass is 10.1. The highest BCUT2D eigenvalue weighted by atomic mass is 16.5. The van der Waals surface area contributed by atoms with Gasteiger partial charge in [-0.15, -0.1) is 0 Å². The topological polar surface area (TPSA) is 30.5 Å². The highest BCUT2D eigenvalue weighted by Gasteiger charge is 2.09. The molecule has 17 heavy (non-hydrogen) atoms. The van der Waals surface area contributed by atoms with Crippen LogP contribution in [0.4, 0.5) is 0 Å². The van der Waals surface area contributed by atoms with Gasteiger partial charge >= 0.3 is 0 Å². The lowest BCUT2D eigenvalue weighted by molar-refractivity contribution is 0.124. The molecule has 1 aromatic rings. The Hall–Kier alpha value is -1.06. The first-order chi connectivity index (χ1) is 8.17. The van der Waals surface area contributed by atoms with E-state index in [0.29, 0.717) is 12.1 Å². The Morgan fingerprint density at radius 2 is 2.06 bits per heavy atom. The summed E-state index contributed by atoms with van der Waals surface area (Å²) in [6.07, 6.45) is 0. The molecular formula is C14H23NO2. The van der Waals surface area contributed by atoms with Crippen molar-refractivity contribution >= 4 is 0 Å². The first-order valence-electron chi connectivity index (χ1n) is 6.15. The predicted molar refractivity (Wildman–Crippen MR) is 70.5 cm³/mol. The molecule has 1 unspecified atom stereocenters. The van der Waals surface area contributed by atoms with Crippen LogP contribution in [0.3, 0.4) is 0 Å². The Bertz CT molecular complexity index is 328. The molecule has 0 spiro atoms. The lowest BCUT2D eigenvalue weighted by Crippen LogP contribution is -2.32. The van der Waals surface area contributed by atoms with E-state index >= 15 is 0 Å². The molecule has 0 aromatic heterocycles. The van der Waals surface area contributed by atoms with E-state index in [9.17, 15) is 0 Å². The second kappa shape index (κ2) is 7.30. The summed E-state index contributed by atoms with van der Waals surface area (Å²) in [6, 6.07) is 8.77. The predicted octanol–water partition coefficient (Wildman–Crippen LogP) is 2.77. The fourth-order valence-corrected chi connectivity index (χ4v) is 1.78. The van der Waals surface area contributed by atoms with Gasteiger partial charge in [0.25, 0.3) is 0 Å². The second-order valence-electron chi connectivity index (χ2n) is 4.23. The average Bonchev–Trinajstić information content (AvgIpc) is 2.36. The summed E-state index contributed by atoms with van der Waals surface area (Å²) in [5.74, 6) is 0.897. The van der Waals surface area contributed by atoms with Crippen molar-refractivity contribution in [3.05, 3.63) is 29.8 Å². The molecule has 0 fully saturated rings. The Labute approximate surface area is 104 Å². The van der Waals surface area contributed by atoms with Crippen LogP contribution in [-0.4, -0.2) is 26.4 Å². The molecule has 0 amide bonds. The molecule has 0 aliphatic rings. The summed E-state index contributed by atoms with van der Waals surface area (Å²) in [6.45, 7) is 7.80. The van der Waals surface area contributed by atoms with Gasteiger partial charge in [-0.3, -0.25) is 0 Å². The number of hydrogen-bond donors (Lipinski definition) is 1. The minimum absolute atomic E-state index is 0.292. The van der Waals surface area contributed by atoms with Gasteiger partial charge < -0.3 is 14.8 Å². The Morgan fingerprint density at radius 1 is 1.29 bits per heavy atom. The number of ether oxygens (including phenoxy) is 2. The third kappa shape index (κ3) is 4.75. The van der Waals surface area contributed by atoms with E-state index in [-0.39, 0.29) is 0 Å². The molecule has 0 aliphatic carbocycles. The van der Waals surface area contributed by atoms with Crippen LogP contribution < -0.4 is 10.1 Å². The van der Waals surface area contributed by atoms with Crippen LogP contribution in [-0.2, 0) is 4.74 Å². The van der Waals surface area contributed by atoms with Gasteiger partial charge in [0, 0.05) is 18.7 Å². The van der Waals surface area contributed by atoms with Gasteiger partial charge in [-0.2, -0.15) is 0 Å². The highest BCUT2D eigenvalue weighted by molar-refractivity contribution is 5.30. The van der Waals surface area contributed by atoms with Gasteiger partial charge in [0.1, 0.15) is 5.75 Å². The van der Waals surface area contributed by atoms with E-state index in [4.69, 9.17) is 9.47 Å². The summed E-state index contributed by atoms with van der Waals surface area (Å²) in [7, 11) is 1.69. The summed E-state index contributed by atoms with van der Waals surface area (Å²) in [5.41, 5.74) is 1.23. The Balaban J connectivity index is 2.53. The maximum Gasteiger partial charge on any atom is 0.119 e. The molecule has 0 bridgehead atoms. The minimum Gasteiger partial charge on any atom is -0.497 e. The van der Waals surface area contributed by atoms with Gasteiger partial charge in [0.05, 0.1) is 13.7 Å². The molecule has 96 valence electrons. The lowest BCUT2D eigenvalue weighted by Gasteiger charge is -2.20. The molecule has 0 radical (unpaired) electrons. The molecule has 0 saturated carbocycles. The van der Waals surface area contributed by atoms with E-state index in [1.54, 1.807) is 7.11 Å². The second-order valence-corrected chi connectivity index (χ2v) is 4.23. The molecule has 1 rings (SSSR count). The van der Waals surface area contributed by atoms with Gasteiger partial charge in [-0.05, 0) is 38.5 Å². The number of hydrogen-bond acceptors (Lipinski definition) is 3. The third-order valence-corrected chi connectivity index (χ3v) is 2.70. The Kier molecular flexibility index (Phi) is 6.01. The number of methoxy groups -OCH3 is 1. The maximum absolute atomic E-state index is 5.39. The largest absolute Gasteiger partial charge is 0.497 e. The number of benzene rings is 1. The Morgan fingerprint density at radius 3 is 2.71 bits per heavy atom. The summed E-state index contributed by atoms with van der Waals surface area (Å²) >= 11 is 0. The van der Waals surface area contributed by atoms with Crippen molar-refractivity contribution in [1.82, 2.24) is 5.32 Å². The van der Waals surface area contributed by atoms with Gasteiger partial charge in [-0.1, -0.05) is 12.1 Å². The van der Waals surface area contributed by atoms with E-state index in [1.807, 2.05) is 19.1 Å². The van der Waals surface area contributed by atoms with Crippen molar-refractivity contribution < 1.29 is 9.47 Å².